The summed E-state index contributed by atoms with van der Waals surface area (Å²) in [6.07, 6.45) is 7.72. The van der Waals surface area contributed by atoms with Gasteiger partial charge in [0.25, 0.3) is 5.91 Å². The van der Waals surface area contributed by atoms with E-state index < -0.39 is 5.54 Å². The molecule has 1 aromatic heterocycles. The van der Waals surface area contributed by atoms with Crippen molar-refractivity contribution in [1.29, 1.82) is 5.26 Å². The average Bonchev–Trinajstić information content (AvgIpc) is 3.15. The largest absolute Gasteiger partial charge is 0.443 e. The summed E-state index contributed by atoms with van der Waals surface area (Å²) in [6, 6.07) is 9.95. The third-order valence-electron chi connectivity index (χ3n) is 5.26. The van der Waals surface area contributed by atoms with Gasteiger partial charge in [-0.15, -0.1) is 0 Å². The summed E-state index contributed by atoms with van der Waals surface area (Å²) in [5, 5.41) is 12.5. The Balaban J connectivity index is 1.86. The quantitative estimate of drug-likeness (QED) is 0.702. The molecule has 0 saturated heterocycles. The van der Waals surface area contributed by atoms with Gasteiger partial charge in [0, 0.05) is 12.8 Å². The van der Waals surface area contributed by atoms with Crippen molar-refractivity contribution in [2.75, 3.05) is 0 Å². The first-order chi connectivity index (χ1) is 13.5. The zero-order chi connectivity index (χ0) is 20.1. The van der Waals surface area contributed by atoms with E-state index in [2.05, 4.69) is 23.3 Å². The van der Waals surface area contributed by atoms with E-state index in [0.717, 1.165) is 35.3 Å². The van der Waals surface area contributed by atoms with Gasteiger partial charge in [-0.05, 0) is 31.4 Å². The van der Waals surface area contributed by atoms with E-state index in [9.17, 15) is 10.1 Å². The second-order valence-electron chi connectivity index (χ2n) is 7.74. The smallest absolute Gasteiger partial charge is 0.263 e. The standard InChI is InChI=1S/C23H27N3O2/c1-4-5-6-7-8-18-15-25-22(28-18)23(3)13-19(20(14-24)21(27)26-23)17-11-9-16(2)10-12-17/h9-12,15H,4-8,13H2,1-3H3,(H,26,27). The number of aryl methyl sites for hydroxylation is 2. The Morgan fingerprint density at radius 1 is 1.25 bits per heavy atom. The van der Waals surface area contributed by atoms with Crippen LogP contribution in [0, 0.1) is 18.3 Å². The molecule has 2 aromatic rings. The molecule has 3 rings (SSSR count). The lowest BCUT2D eigenvalue weighted by atomic mass is 9.82. The summed E-state index contributed by atoms with van der Waals surface area (Å²) >= 11 is 0. The Bertz CT molecular complexity index is 918. The fraction of sp³-hybridized carbons (Fsp3) is 0.435. The lowest BCUT2D eigenvalue weighted by Gasteiger charge is -2.33. The van der Waals surface area contributed by atoms with Crippen LogP contribution in [0.2, 0.25) is 0 Å². The number of benzene rings is 1. The molecule has 0 fully saturated rings. The minimum Gasteiger partial charge on any atom is -0.443 e. The van der Waals surface area contributed by atoms with Crippen LogP contribution in [0.5, 0.6) is 0 Å². The fourth-order valence-electron chi connectivity index (χ4n) is 3.59. The summed E-state index contributed by atoms with van der Waals surface area (Å²) in [5.74, 6) is 0.955. The van der Waals surface area contributed by atoms with Gasteiger partial charge in [0.05, 0.1) is 6.20 Å². The lowest BCUT2D eigenvalue weighted by molar-refractivity contribution is -0.119. The highest BCUT2D eigenvalue weighted by Crippen LogP contribution is 2.38. The van der Waals surface area contributed by atoms with Crippen molar-refractivity contribution >= 4 is 11.5 Å². The van der Waals surface area contributed by atoms with E-state index in [1.54, 1.807) is 6.20 Å². The first-order valence-corrected chi connectivity index (χ1v) is 9.95. The van der Waals surface area contributed by atoms with Gasteiger partial charge in [-0.1, -0.05) is 56.0 Å². The van der Waals surface area contributed by atoms with Gasteiger partial charge >= 0.3 is 0 Å². The number of carbonyl (C=O) groups excluding carboxylic acids is 1. The van der Waals surface area contributed by atoms with E-state index in [-0.39, 0.29) is 11.5 Å². The van der Waals surface area contributed by atoms with Crippen LogP contribution in [0.3, 0.4) is 0 Å². The molecule has 1 amide bonds. The van der Waals surface area contributed by atoms with Crippen molar-refractivity contribution in [3.8, 4) is 6.07 Å². The van der Waals surface area contributed by atoms with Crippen molar-refractivity contribution < 1.29 is 9.21 Å². The number of rotatable bonds is 7. The van der Waals surface area contributed by atoms with Crippen LogP contribution in [-0.2, 0) is 16.8 Å². The van der Waals surface area contributed by atoms with Crippen molar-refractivity contribution in [3.05, 3.63) is 58.8 Å². The van der Waals surface area contributed by atoms with Crippen LogP contribution in [-0.4, -0.2) is 10.9 Å². The Kier molecular flexibility index (Phi) is 5.99. The molecule has 1 unspecified atom stereocenters. The molecule has 1 N–H and O–H groups in total. The topological polar surface area (TPSA) is 78.9 Å². The maximum atomic E-state index is 12.7. The molecule has 146 valence electrons. The molecule has 1 aliphatic rings. The number of unbranched alkanes of at least 4 members (excludes halogenated alkanes) is 3. The Morgan fingerprint density at radius 2 is 2.00 bits per heavy atom. The second kappa shape index (κ2) is 8.43. The zero-order valence-electron chi connectivity index (χ0n) is 16.8. The highest BCUT2D eigenvalue weighted by Gasteiger charge is 2.41. The van der Waals surface area contributed by atoms with E-state index >= 15 is 0 Å². The summed E-state index contributed by atoms with van der Waals surface area (Å²) in [4.78, 5) is 17.1. The number of nitriles is 1. The van der Waals surface area contributed by atoms with Gasteiger partial charge in [0.2, 0.25) is 5.89 Å². The van der Waals surface area contributed by atoms with Gasteiger partial charge in [-0.2, -0.15) is 5.26 Å². The predicted molar refractivity (Wildman–Crippen MR) is 108 cm³/mol. The van der Waals surface area contributed by atoms with Crippen LogP contribution in [0.4, 0.5) is 0 Å². The van der Waals surface area contributed by atoms with Crippen molar-refractivity contribution in [2.24, 2.45) is 0 Å². The summed E-state index contributed by atoms with van der Waals surface area (Å²) in [6.45, 7) is 6.10. The Hall–Kier alpha value is -2.87. The molecule has 0 aliphatic carbocycles. The maximum Gasteiger partial charge on any atom is 0.263 e. The van der Waals surface area contributed by atoms with Gasteiger partial charge in [-0.3, -0.25) is 4.79 Å². The summed E-state index contributed by atoms with van der Waals surface area (Å²) in [5.41, 5.74) is 2.13. The summed E-state index contributed by atoms with van der Waals surface area (Å²) in [7, 11) is 0. The number of amides is 1. The fourth-order valence-corrected chi connectivity index (χ4v) is 3.59. The molecule has 1 atom stereocenters. The molecule has 28 heavy (non-hydrogen) atoms. The second-order valence-corrected chi connectivity index (χ2v) is 7.74. The third-order valence-corrected chi connectivity index (χ3v) is 5.26. The summed E-state index contributed by atoms with van der Waals surface area (Å²) < 4.78 is 6.00. The number of nitrogens with one attached hydrogen (secondary N) is 1. The van der Waals surface area contributed by atoms with Crippen LogP contribution in [0.25, 0.3) is 5.57 Å². The normalized spacial score (nSPS) is 19.4. The first-order valence-electron chi connectivity index (χ1n) is 9.95. The van der Waals surface area contributed by atoms with Crippen molar-refractivity contribution in [1.82, 2.24) is 10.3 Å². The van der Waals surface area contributed by atoms with E-state index in [4.69, 9.17) is 4.42 Å². The molecule has 1 aromatic carbocycles. The molecule has 0 spiro atoms. The first kappa shape index (κ1) is 19.9. The zero-order valence-corrected chi connectivity index (χ0v) is 16.8. The minimum atomic E-state index is -0.778. The van der Waals surface area contributed by atoms with Gasteiger partial charge in [0.1, 0.15) is 22.9 Å². The molecule has 5 nitrogen and oxygen atoms in total. The van der Waals surface area contributed by atoms with Gasteiger partial charge < -0.3 is 9.73 Å². The lowest BCUT2D eigenvalue weighted by Crippen LogP contribution is -2.47. The number of oxazole rings is 1. The van der Waals surface area contributed by atoms with Gasteiger partial charge in [-0.25, -0.2) is 4.98 Å². The molecule has 0 saturated carbocycles. The van der Waals surface area contributed by atoms with E-state index in [0.29, 0.717) is 12.3 Å². The third kappa shape index (κ3) is 4.17. The van der Waals surface area contributed by atoms with Crippen LogP contribution in [0.1, 0.15) is 68.7 Å². The average molecular weight is 377 g/mol. The predicted octanol–water partition coefficient (Wildman–Crippen LogP) is 4.82. The van der Waals surface area contributed by atoms with E-state index in [1.165, 1.54) is 19.3 Å². The number of hydrogen-bond acceptors (Lipinski definition) is 4. The molecule has 0 radical (unpaired) electrons. The van der Waals surface area contributed by atoms with Gasteiger partial charge in [0.15, 0.2) is 0 Å². The SMILES string of the molecule is CCCCCCc1cnc(C2(C)CC(c3ccc(C)cc3)=C(C#N)C(=O)N2)o1. The van der Waals surface area contributed by atoms with Crippen LogP contribution < -0.4 is 5.32 Å². The van der Waals surface area contributed by atoms with E-state index in [1.807, 2.05) is 38.1 Å². The Morgan fingerprint density at radius 3 is 2.68 bits per heavy atom. The monoisotopic (exact) mass is 377 g/mol. The van der Waals surface area contributed by atoms with Crippen molar-refractivity contribution in [3.63, 3.8) is 0 Å². The molecular weight excluding hydrogens is 350 g/mol. The van der Waals surface area contributed by atoms with Crippen molar-refractivity contribution in [2.45, 2.75) is 64.8 Å². The minimum absolute atomic E-state index is 0.160. The highest BCUT2D eigenvalue weighted by molar-refractivity contribution is 6.07. The van der Waals surface area contributed by atoms with Crippen LogP contribution >= 0.6 is 0 Å². The Labute approximate surface area is 166 Å². The number of hydrogen-bond donors (Lipinski definition) is 1. The number of carbonyl (C=O) groups is 1. The molecule has 1 aliphatic heterocycles. The highest BCUT2D eigenvalue weighted by atomic mass is 16.4. The molecular formula is C23H27N3O2. The molecule has 0 bridgehead atoms. The molecule has 2 heterocycles. The maximum absolute atomic E-state index is 12.7. The number of nitrogens with zero attached hydrogens (tertiary/aromatic N) is 2. The van der Waals surface area contributed by atoms with Crippen LogP contribution in [0.15, 0.2) is 40.5 Å². The number of aromatic nitrogens is 1. The molecule has 5 heteroatoms.